The average Bonchev–Trinajstić information content (AvgIpc) is 2.69. The van der Waals surface area contributed by atoms with Gasteiger partial charge in [0.15, 0.2) is 0 Å². The number of ether oxygens (including phenoxy) is 2. The van der Waals surface area contributed by atoms with Crippen LogP contribution in [0.25, 0.3) is 0 Å². The van der Waals surface area contributed by atoms with E-state index in [1.54, 1.807) is 37.4 Å². The second-order valence-electron chi connectivity index (χ2n) is 5.95. The molecule has 0 fully saturated rings. The molecule has 0 spiro atoms. The molecule has 0 aliphatic heterocycles. The Balaban J connectivity index is 1.71. The number of nitrogens with zero attached hydrogens (tertiary/aromatic N) is 1. The molecule has 1 aromatic heterocycles. The van der Waals surface area contributed by atoms with Gasteiger partial charge in [-0.1, -0.05) is 12.1 Å². The third kappa shape index (κ3) is 4.55. The van der Waals surface area contributed by atoms with Crippen LogP contribution < -0.4 is 20.1 Å². The molecule has 2 N–H and O–H groups in total. The van der Waals surface area contributed by atoms with Crippen molar-refractivity contribution in [3.8, 4) is 11.5 Å². The van der Waals surface area contributed by atoms with Gasteiger partial charge in [-0.05, 0) is 48.9 Å². The van der Waals surface area contributed by atoms with Gasteiger partial charge < -0.3 is 20.1 Å². The maximum absolute atomic E-state index is 12.5. The van der Waals surface area contributed by atoms with Crippen LogP contribution in [0.4, 0.5) is 17.2 Å². The number of amides is 1. The summed E-state index contributed by atoms with van der Waals surface area (Å²) < 4.78 is 10.5. The van der Waals surface area contributed by atoms with Crippen LogP contribution in [0.5, 0.6) is 11.5 Å². The van der Waals surface area contributed by atoms with Crippen molar-refractivity contribution in [3.63, 3.8) is 0 Å². The first-order chi connectivity index (χ1) is 13.1. The molecule has 0 radical (unpaired) electrons. The molecule has 0 aliphatic carbocycles. The second-order valence-corrected chi connectivity index (χ2v) is 5.95. The number of hydrogen-bond donors (Lipinski definition) is 2. The van der Waals surface area contributed by atoms with E-state index in [1.807, 2.05) is 31.2 Å². The number of rotatable bonds is 6. The molecule has 3 rings (SSSR count). The zero-order chi connectivity index (χ0) is 19.2. The predicted octanol–water partition coefficient (Wildman–Crippen LogP) is 4.40. The van der Waals surface area contributed by atoms with Crippen molar-refractivity contribution in [3.05, 3.63) is 71.9 Å². The van der Waals surface area contributed by atoms with E-state index in [4.69, 9.17) is 9.47 Å². The predicted molar refractivity (Wildman–Crippen MR) is 106 cm³/mol. The van der Waals surface area contributed by atoms with Crippen molar-refractivity contribution in [1.29, 1.82) is 0 Å². The van der Waals surface area contributed by atoms with Crippen LogP contribution in [-0.4, -0.2) is 25.1 Å². The van der Waals surface area contributed by atoms with E-state index in [0.29, 0.717) is 28.6 Å². The number of benzene rings is 2. The monoisotopic (exact) mass is 363 g/mol. The fraction of sp³-hybridized carbons (Fsp3) is 0.143. The first-order valence-corrected chi connectivity index (χ1v) is 8.42. The smallest absolute Gasteiger partial charge is 0.257 e. The number of pyridine rings is 1. The van der Waals surface area contributed by atoms with Crippen molar-refractivity contribution in [1.82, 2.24) is 4.98 Å². The Labute approximate surface area is 158 Å². The van der Waals surface area contributed by atoms with Crippen LogP contribution in [0.2, 0.25) is 0 Å². The van der Waals surface area contributed by atoms with Gasteiger partial charge in [0.25, 0.3) is 5.91 Å². The van der Waals surface area contributed by atoms with Gasteiger partial charge >= 0.3 is 0 Å². The number of anilines is 3. The summed E-state index contributed by atoms with van der Waals surface area (Å²) in [6, 6.07) is 16.7. The van der Waals surface area contributed by atoms with E-state index in [0.717, 1.165) is 11.3 Å². The van der Waals surface area contributed by atoms with Crippen LogP contribution >= 0.6 is 0 Å². The van der Waals surface area contributed by atoms with Gasteiger partial charge in [0.1, 0.15) is 17.3 Å². The third-order valence-corrected chi connectivity index (χ3v) is 3.97. The van der Waals surface area contributed by atoms with Gasteiger partial charge in [0.05, 0.1) is 25.5 Å². The summed E-state index contributed by atoms with van der Waals surface area (Å²) >= 11 is 0. The molecule has 3 aromatic rings. The van der Waals surface area contributed by atoms with Gasteiger partial charge in [-0.2, -0.15) is 0 Å². The topological polar surface area (TPSA) is 72.5 Å². The fourth-order valence-electron chi connectivity index (χ4n) is 2.57. The van der Waals surface area contributed by atoms with Crippen molar-refractivity contribution in [2.45, 2.75) is 6.92 Å². The van der Waals surface area contributed by atoms with Crippen molar-refractivity contribution < 1.29 is 14.3 Å². The highest BCUT2D eigenvalue weighted by Crippen LogP contribution is 2.29. The molecule has 0 atom stereocenters. The van der Waals surface area contributed by atoms with E-state index >= 15 is 0 Å². The molecule has 1 heterocycles. The van der Waals surface area contributed by atoms with E-state index in [-0.39, 0.29) is 5.91 Å². The third-order valence-electron chi connectivity index (χ3n) is 3.97. The first-order valence-electron chi connectivity index (χ1n) is 8.42. The molecule has 6 nitrogen and oxygen atoms in total. The summed E-state index contributed by atoms with van der Waals surface area (Å²) in [5.74, 6) is 1.57. The van der Waals surface area contributed by atoms with Crippen molar-refractivity contribution in [2.24, 2.45) is 0 Å². The average molecular weight is 363 g/mol. The van der Waals surface area contributed by atoms with E-state index < -0.39 is 0 Å². The van der Waals surface area contributed by atoms with E-state index in [9.17, 15) is 4.79 Å². The van der Waals surface area contributed by atoms with Gasteiger partial charge in [-0.3, -0.25) is 4.79 Å². The highest BCUT2D eigenvalue weighted by molar-refractivity contribution is 6.05. The van der Waals surface area contributed by atoms with Gasteiger partial charge in [0.2, 0.25) is 0 Å². The molecule has 0 bridgehead atoms. The Hall–Kier alpha value is -3.54. The molecule has 0 saturated carbocycles. The fourth-order valence-corrected chi connectivity index (χ4v) is 2.57. The lowest BCUT2D eigenvalue weighted by Crippen LogP contribution is -2.13. The summed E-state index contributed by atoms with van der Waals surface area (Å²) in [6.45, 7) is 2.03. The highest BCUT2D eigenvalue weighted by Gasteiger charge is 2.11. The Bertz CT molecular complexity index is 940. The zero-order valence-corrected chi connectivity index (χ0v) is 15.4. The van der Waals surface area contributed by atoms with Gasteiger partial charge in [-0.25, -0.2) is 4.98 Å². The lowest BCUT2D eigenvalue weighted by molar-refractivity contribution is 0.102. The lowest BCUT2D eigenvalue weighted by atomic mass is 10.2. The molecule has 0 aliphatic rings. The van der Waals surface area contributed by atoms with Crippen LogP contribution in [0.15, 0.2) is 60.8 Å². The Morgan fingerprint density at radius 1 is 1.00 bits per heavy atom. The number of nitrogens with one attached hydrogen (secondary N) is 2. The number of aryl methyl sites for hydroxylation is 1. The van der Waals surface area contributed by atoms with E-state index in [2.05, 4.69) is 15.6 Å². The molecule has 6 heteroatoms. The molecule has 138 valence electrons. The molecule has 2 aromatic carbocycles. The van der Waals surface area contributed by atoms with Gasteiger partial charge in [-0.15, -0.1) is 0 Å². The molecule has 0 unspecified atom stereocenters. The molecular formula is C21H21N3O3. The SMILES string of the molecule is COc1ccc(NC(=O)c2ccc(Nc3cccc(C)c3)nc2)c(OC)c1. The number of hydrogen-bond acceptors (Lipinski definition) is 5. The standard InChI is InChI=1S/C21H21N3O3/c1-14-5-4-6-16(11-14)23-20-10-7-15(13-22-20)21(25)24-18-9-8-17(26-2)12-19(18)27-3/h4-13H,1-3H3,(H,22,23)(H,24,25). The molecular weight excluding hydrogens is 342 g/mol. The second kappa shape index (κ2) is 8.23. The lowest BCUT2D eigenvalue weighted by Gasteiger charge is -2.12. The normalized spacial score (nSPS) is 10.2. The number of aromatic nitrogens is 1. The van der Waals surface area contributed by atoms with Crippen molar-refractivity contribution >= 4 is 23.1 Å². The minimum absolute atomic E-state index is 0.270. The maximum atomic E-state index is 12.5. The summed E-state index contributed by atoms with van der Waals surface area (Å²) in [5.41, 5.74) is 3.11. The quantitative estimate of drug-likeness (QED) is 0.679. The maximum Gasteiger partial charge on any atom is 0.257 e. The summed E-state index contributed by atoms with van der Waals surface area (Å²) in [7, 11) is 3.11. The molecule has 1 amide bonds. The Morgan fingerprint density at radius 2 is 1.85 bits per heavy atom. The number of carbonyl (C=O) groups is 1. The van der Waals surface area contributed by atoms with Crippen LogP contribution in [0.1, 0.15) is 15.9 Å². The molecule has 27 heavy (non-hydrogen) atoms. The zero-order valence-electron chi connectivity index (χ0n) is 15.4. The number of carbonyl (C=O) groups excluding carboxylic acids is 1. The first kappa shape index (κ1) is 18.3. The highest BCUT2D eigenvalue weighted by atomic mass is 16.5. The number of methoxy groups -OCH3 is 2. The summed E-state index contributed by atoms with van der Waals surface area (Å²) in [6.07, 6.45) is 1.53. The largest absolute Gasteiger partial charge is 0.497 e. The molecule has 0 saturated heterocycles. The summed E-state index contributed by atoms with van der Waals surface area (Å²) in [5, 5.41) is 6.04. The Morgan fingerprint density at radius 3 is 2.52 bits per heavy atom. The van der Waals surface area contributed by atoms with Crippen LogP contribution in [0, 0.1) is 6.92 Å². The minimum Gasteiger partial charge on any atom is -0.497 e. The minimum atomic E-state index is -0.270. The van der Waals surface area contributed by atoms with Gasteiger partial charge in [0, 0.05) is 18.0 Å². The Kier molecular flexibility index (Phi) is 5.56. The van der Waals surface area contributed by atoms with E-state index in [1.165, 1.54) is 13.3 Å². The van der Waals surface area contributed by atoms with Crippen molar-refractivity contribution in [2.75, 3.05) is 24.9 Å². The van der Waals surface area contributed by atoms with Crippen LogP contribution in [0.3, 0.4) is 0 Å². The van der Waals surface area contributed by atoms with Crippen LogP contribution in [-0.2, 0) is 0 Å². The summed E-state index contributed by atoms with van der Waals surface area (Å²) in [4.78, 5) is 16.8.